The number of hydrogen-bond acceptors (Lipinski definition) is 2. The minimum Gasteiger partial charge on any atom is -0.326 e. The Morgan fingerprint density at radius 1 is 1.56 bits per heavy atom. The van der Waals surface area contributed by atoms with E-state index in [-0.39, 0.29) is 0 Å². The molecule has 9 heavy (non-hydrogen) atoms. The molecular formula is C7H16N2. The molecule has 1 aliphatic rings. The van der Waals surface area contributed by atoms with Crippen LogP contribution in [0, 0.1) is 5.92 Å². The Morgan fingerprint density at radius 2 is 2.22 bits per heavy atom. The van der Waals surface area contributed by atoms with Crippen molar-refractivity contribution in [1.82, 2.24) is 4.90 Å². The van der Waals surface area contributed by atoms with Crippen molar-refractivity contribution >= 4 is 0 Å². The van der Waals surface area contributed by atoms with E-state index in [0.717, 1.165) is 12.5 Å². The van der Waals surface area contributed by atoms with Gasteiger partial charge >= 0.3 is 0 Å². The monoisotopic (exact) mass is 128 g/mol. The molecule has 2 atom stereocenters. The Hall–Kier alpha value is -0.0800. The van der Waals surface area contributed by atoms with Crippen LogP contribution < -0.4 is 5.73 Å². The molecule has 1 fully saturated rings. The molecule has 2 nitrogen and oxygen atoms in total. The first-order chi connectivity index (χ1) is 4.24. The maximum Gasteiger partial charge on any atom is 0.0208 e. The fourth-order valence-corrected chi connectivity index (χ4v) is 1.55. The Morgan fingerprint density at radius 3 is 2.44 bits per heavy atom. The van der Waals surface area contributed by atoms with E-state index < -0.39 is 0 Å². The van der Waals surface area contributed by atoms with E-state index in [1.165, 1.54) is 13.0 Å². The van der Waals surface area contributed by atoms with E-state index in [1.807, 2.05) is 0 Å². The second kappa shape index (κ2) is 2.67. The third kappa shape index (κ3) is 1.43. The fourth-order valence-electron chi connectivity index (χ4n) is 1.55. The lowest BCUT2D eigenvalue weighted by atomic mass is 10.0. The summed E-state index contributed by atoms with van der Waals surface area (Å²) in [6.45, 7) is 4.49. The summed E-state index contributed by atoms with van der Waals surface area (Å²) in [4.78, 5) is 2.30. The van der Waals surface area contributed by atoms with Crippen LogP contribution in [-0.4, -0.2) is 31.1 Å². The molecule has 0 saturated carbocycles. The van der Waals surface area contributed by atoms with Crippen LogP contribution in [0.1, 0.15) is 13.3 Å². The Bertz CT molecular complexity index is 92.9. The molecule has 0 aromatic carbocycles. The predicted molar refractivity (Wildman–Crippen MR) is 39.3 cm³/mol. The van der Waals surface area contributed by atoms with Gasteiger partial charge < -0.3 is 10.6 Å². The average Bonchev–Trinajstić information content (AvgIpc) is 2.10. The molecule has 1 saturated heterocycles. The molecule has 2 heteroatoms. The topological polar surface area (TPSA) is 29.3 Å². The minimum atomic E-state index is 0.431. The summed E-state index contributed by atoms with van der Waals surface area (Å²) in [6, 6.07) is 0.431. The number of nitrogens with zero attached hydrogens (tertiary/aromatic N) is 1. The molecule has 1 aliphatic heterocycles. The second-order valence-corrected chi connectivity index (χ2v) is 3.05. The van der Waals surface area contributed by atoms with Crippen molar-refractivity contribution in [3.63, 3.8) is 0 Å². The van der Waals surface area contributed by atoms with E-state index in [2.05, 4.69) is 18.9 Å². The second-order valence-electron chi connectivity index (χ2n) is 3.05. The van der Waals surface area contributed by atoms with Crippen LogP contribution in [0.3, 0.4) is 0 Å². The minimum absolute atomic E-state index is 0.431. The summed E-state index contributed by atoms with van der Waals surface area (Å²) >= 11 is 0. The molecule has 0 spiro atoms. The molecule has 54 valence electrons. The van der Waals surface area contributed by atoms with Crippen LogP contribution in [0.4, 0.5) is 0 Å². The highest BCUT2D eigenvalue weighted by molar-refractivity contribution is 4.83. The highest BCUT2D eigenvalue weighted by Crippen LogP contribution is 2.15. The summed E-state index contributed by atoms with van der Waals surface area (Å²) in [5.41, 5.74) is 5.84. The average molecular weight is 128 g/mol. The Labute approximate surface area is 57.0 Å². The highest BCUT2D eigenvalue weighted by Gasteiger charge is 2.25. The van der Waals surface area contributed by atoms with Crippen molar-refractivity contribution in [2.24, 2.45) is 11.7 Å². The maximum atomic E-state index is 5.84. The number of likely N-dealkylation sites (tertiary alicyclic amines) is 1. The van der Waals surface area contributed by atoms with Gasteiger partial charge in [0.05, 0.1) is 0 Å². The van der Waals surface area contributed by atoms with Crippen LogP contribution >= 0.6 is 0 Å². The quantitative estimate of drug-likeness (QED) is 0.550. The van der Waals surface area contributed by atoms with E-state index in [1.54, 1.807) is 0 Å². The molecule has 0 aromatic heterocycles. The van der Waals surface area contributed by atoms with Crippen molar-refractivity contribution in [3.05, 3.63) is 0 Å². The van der Waals surface area contributed by atoms with Crippen LogP contribution in [-0.2, 0) is 0 Å². The van der Waals surface area contributed by atoms with E-state index in [4.69, 9.17) is 5.73 Å². The van der Waals surface area contributed by atoms with Gasteiger partial charge in [-0.25, -0.2) is 0 Å². The van der Waals surface area contributed by atoms with Gasteiger partial charge in [-0.1, -0.05) is 13.3 Å². The van der Waals surface area contributed by atoms with Gasteiger partial charge in [-0.05, 0) is 13.0 Å². The first-order valence-corrected chi connectivity index (χ1v) is 3.68. The van der Waals surface area contributed by atoms with Crippen molar-refractivity contribution in [2.75, 3.05) is 20.1 Å². The zero-order valence-electron chi connectivity index (χ0n) is 6.30. The van der Waals surface area contributed by atoms with Crippen molar-refractivity contribution < 1.29 is 0 Å². The lowest BCUT2D eigenvalue weighted by Gasteiger charge is -2.09. The number of rotatable bonds is 1. The molecule has 0 bridgehead atoms. The number of hydrogen-bond donors (Lipinski definition) is 1. The summed E-state index contributed by atoms with van der Waals surface area (Å²) in [7, 11) is 2.13. The van der Waals surface area contributed by atoms with Crippen molar-refractivity contribution in [2.45, 2.75) is 19.4 Å². The van der Waals surface area contributed by atoms with Crippen molar-refractivity contribution in [1.29, 1.82) is 0 Å². The standard InChI is InChI=1S/C7H16N2/c1-3-6-4-9(2)5-7(6)8/h6-7H,3-5,8H2,1-2H3/t6-,7-/m0/s1. The molecule has 1 heterocycles. The van der Waals surface area contributed by atoms with Gasteiger partial charge in [0.15, 0.2) is 0 Å². The molecular weight excluding hydrogens is 112 g/mol. The van der Waals surface area contributed by atoms with Crippen LogP contribution in [0.5, 0.6) is 0 Å². The zero-order chi connectivity index (χ0) is 6.85. The van der Waals surface area contributed by atoms with Crippen LogP contribution in [0.2, 0.25) is 0 Å². The third-order valence-electron chi connectivity index (χ3n) is 2.20. The van der Waals surface area contributed by atoms with Gasteiger partial charge in [-0.2, -0.15) is 0 Å². The SMILES string of the molecule is CC[C@H]1CN(C)C[C@@H]1N. The van der Waals surface area contributed by atoms with Gasteiger partial charge in [0.2, 0.25) is 0 Å². The number of nitrogens with two attached hydrogens (primary N) is 1. The van der Waals surface area contributed by atoms with Gasteiger partial charge in [0, 0.05) is 19.1 Å². The van der Waals surface area contributed by atoms with Gasteiger partial charge in [-0.3, -0.25) is 0 Å². The van der Waals surface area contributed by atoms with Gasteiger partial charge in [-0.15, -0.1) is 0 Å². The molecule has 0 unspecified atom stereocenters. The van der Waals surface area contributed by atoms with Gasteiger partial charge in [0.1, 0.15) is 0 Å². The Balaban J connectivity index is 2.38. The molecule has 0 aromatic rings. The summed E-state index contributed by atoms with van der Waals surface area (Å²) < 4.78 is 0. The number of likely N-dealkylation sites (N-methyl/N-ethyl adjacent to an activating group) is 1. The largest absolute Gasteiger partial charge is 0.326 e. The fraction of sp³-hybridized carbons (Fsp3) is 1.00. The van der Waals surface area contributed by atoms with Gasteiger partial charge in [0.25, 0.3) is 0 Å². The lowest BCUT2D eigenvalue weighted by Crippen LogP contribution is -2.28. The molecule has 2 N–H and O–H groups in total. The van der Waals surface area contributed by atoms with Crippen LogP contribution in [0.15, 0.2) is 0 Å². The first-order valence-electron chi connectivity index (χ1n) is 3.68. The summed E-state index contributed by atoms with van der Waals surface area (Å²) in [5.74, 6) is 0.745. The van der Waals surface area contributed by atoms with E-state index in [9.17, 15) is 0 Å². The summed E-state index contributed by atoms with van der Waals surface area (Å²) in [5, 5.41) is 0. The molecule has 0 radical (unpaired) electrons. The predicted octanol–water partition coefficient (Wildman–Crippen LogP) is 0.285. The van der Waals surface area contributed by atoms with E-state index in [0.29, 0.717) is 6.04 Å². The Kier molecular flexibility index (Phi) is 2.09. The summed E-state index contributed by atoms with van der Waals surface area (Å²) in [6.07, 6.45) is 1.23. The van der Waals surface area contributed by atoms with Crippen molar-refractivity contribution in [3.8, 4) is 0 Å². The maximum absolute atomic E-state index is 5.84. The smallest absolute Gasteiger partial charge is 0.0208 e. The van der Waals surface area contributed by atoms with E-state index >= 15 is 0 Å². The molecule has 1 rings (SSSR count). The lowest BCUT2D eigenvalue weighted by molar-refractivity contribution is 0.392. The molecule has 0 aliphatic carbocycles. The molecule has 0 amide bonds. The zero-order valence-corrected chi connectivity index (χ0v) is 6.30. The normalized spacial score (nSPS) is 37.7. The highest BCUT2D eigenvalue weighted by atomic mass is 15.1. The van der Waals surface area contributed by atoms with Crippen LogP contribution in [0.25, 0.3) is 0 Å². The first kappa shape index (κ1) is 7.03. The third-order valence-corrected chi connectivity index (χ3v) is 2.20.